The van der Waals surface area contributed by atoms with Gasteiger partial charge < -0.3 is 14.0 Å². The van der Waals surface area contributed by atoms with Crippen LogP contribution >= 0.6 is 0 Å². The zero-order valence-corrected chi connectivity index (χ0v) is 16.2. The Morgan fingerprint density at radius 2 is 1.87 bits per heavy atom. The number of benzene rings is 1. The first-order valence-corrected chi connectivity index (χ1v) is 9.61. The lowest BCUT2D eigenvalue weighted by molar-refractivity contribution is -0.137. The maximum atomic E-state index is 12.8. The van der Waals surface area contributed by atoms with E-state index in [2.05, 4.69) is 9.88 Å². The maximum Gasteiger partial charge on any atom is 0.416 e. The molecule has 1 aromatic carbocycles. The summed E-state index contributed by atoms with van der Waals surface area (Å²) >= 11 is 0. The number of imidazole rings is 1. The quantitative estimate of drug-likeness (QED) is 0.639. The first kappa shape index (κ1) is 20.2. The highest BCUT2D eigenvalue weighted by atomic mass is 19.4. The lowest BCUT2D eigenvalue weighted by atomic mass is 10.2. The molecule has 0 spiro atoms. The molecular formula is C21H21F3N4O2. The molecule has 0 saturated carbocycles. The van der Waals surface area contributed by atoms with Gasteiger partial charge in [-0.2, -0.15) is 13.2 Å². The smallest absolute Gasteiger partial charge is 0.416 e. The van der Waals surface area contributed by atoms with Crippen molar-refractivity contribution in [2.24, 2.45) is 0 Å². The van der Waals surface area contributed by atoms with Gasteiger partial charge in [-0.25, -0.2) is 4.98 Å². The fourth-order valence-corrected chi connectivity index (χ4v) is 3.45. The number of carbonyl (C=O) groups excluding carboxylic acids is 1. The van der Waals surface area contributed by atoms with Crippen LogP contribution in [0.15, 0.2) is 54.9 Å². The molecule has 1 saturated heterocycles. The maximum absolute atomic E-state index is 12.8. The van der Waals surface area contributed by atoms with E-state index in [0.29, 0.717) is 32.7 Å². The average molecular weight is 418 g/mol. The van der Waals surface area contributed by atoms with Crippen molar-refractivity contribution in [3.8, 4) is 5.75 Å². The number of fused-ring (bicyclic) bond motifs is 1. The molecule has 0 bridgehead atoms. The Morgan fingerprint density at radius 3 is 2.60 bits per heavy atom. The fraction of sp³-hybridized carbons (Fsp3) is 0.333. The molecule has 1 amide bonds. The highest BCUT2D eigenvalue weighted by Crippen LogP contribution is 2.31. The van der Waals surface area contributed by atoms with Crippen LogP contribution in [0.1, 0.15) is 11.3 Å². The third-order valence-electron chi connectivity index (χ3n) is 5.05. The summed E-state index contributed by atoms with van der Waals surface area (Å²) in [5, 5.41) is 0. The SMILES string of the molecule is O=C(COc1cccc(C(F)(F)F)c1)N1CCN(Cc2cn3ccccc3n2)CC1. The van der Waals surface area contributed by atoms with Crippen LogP contribution < -0.4 is 4.74 Å². The molecule has 158 valence electrons. The van der Waals surface area contributed by atoms with E-state index >= 15 is 0 Å². The molecule has 0 unspecified atom stereocenters. The van der Waals surface area contributed by atoms with Crippen LogP contribution in [0.3, 0.4) is 0 Å². The van der Waals surface area contributed by atoms with E-state index in [-0.39, 0.29) is 18.3 Å². The summed E-state index contributed by atoms with van der Waals surface area (Å²) in [6, 6.07) is 10.4. The molecule has 0 atom stereocenters. The number of halogens is 3. The van der Waals surface area contributed by atoms with Gasteiger partial charge in [-0.1, -0.05) is 12.1 Å². The topological polar surface area (TPSA) is 50.1 Å². The van der Waals surface area contributed by atoms with E-state index in [1.807, 2.05) is 35.0 Å². The molecule has 2 aromatic heterocycles. The normalized spacial score (nSPS) is 15.5. The average Bonchev–Trinajstić information content (AvgIpc) is 3.14. The molecule has 4 rings (SSSR count). The number of hydrogen-bond donors (Lipinski definition) is 0. The zero-order chi connectivity index (χ0) is 21.1. The third-order valence-corrected chi connectivity index (χ3v) is 5.05. The van der Waals surface area contributed by atoms with Gasteiger partial charge in [0.15, 0.2) is 6.61 Å². The number of aromatic nitrogens is 2. The standard InChI is InChI=1S/C21H21F3N4O2/c22-21(23,24)16-4-3-5-18(12-16)30-15-20(29)27-10-8-26(9-11-27)13-17-14-28-7-2-1-6-19(28)25-17/h1-7,12,14H,8-11,13,15H2. The zero-order valence-electron chi connectivity index (χ0n) is 16.2. The number of nitrogens with zero attached hydrogens (tertiary/aromatic N) is 4. The van der Waals surface area contributed by atoms with E-state index in [1.54, 1.807) is 4.90 Å². The van der Waals surface area contributed by atoms with Crippen molar-refractivity contribution in [1.82, 2.24) is 19.2 Å². The van der Waals surface area contributed by atoms with Gasteiger partial charge in [-0.05, 0) is 30.3 Å². The molecule has 3 heterocycles. The first-order valence-electron chi connectivity index (χ1n) is 9.61. The van der Waals surface area contributed by atoms with Gasteiger partial charge in [0, 0.05) is 45.1 Å². The van der Waals surface area contributed by atoms with Gasteiger partial charge in [0.1, 0.15) is 11.4 Å². The number of hydrogen-bond acceptors (Lipinski definition) is 4. The van der Waals surface area contributed by atoms with E-state index in [4.69, 9.17) is 4.74 Å². The Balaban J connectivity index is 1.26. The minimum absolute atomic E-state index is 0.0312. The molecule has 0 radical (unpaired) electrons. The Labute approximate surface area is 171 Å². The summed E-state index contributed by atoms with van der Waals surface area (Å²) in [5.41, 5.74) is 1.06. The number of piperazine rings is 1. The van der Waals surface area contributed by atoms with Crippen LogP contribution in [0, 0.1) is 0 Å². The lowest BCUT2D eigenvalue weighted by Gasteiger charge is -2.34. The van der Waals surface area contributed by atoms with Crippen molar-refractivity contribution in [1.29, 1.82) is 0 Å². The van der Waals surface area contributed by atoms with E-state index in [9.17, 15) is 18.0 Å². The molecule has 6 nitrogen and oxygen atoms in total. The minimum Gasteiger partial charge on any atom is -0.484 e. The predicted octanol–water partition coefficient (Wildman–Crippen LogP) is 3.08. The highest BCUT2D eigenvalue weighted by molar-refractivity contribution is 5.77. The summed E-state index contributed by atoms with van der Waals surface area (Å²) < 4.78 is 45.6. The Hall–Kier alpha value is -3.07. The summed E-state index contributed by atoms with van der Waals surface area (Å²) in [6.45, 7) is 2.89. The number of alkyl halides is 3. The monoisotopic (exact) mass is 418 g/mol. The molecule has 1 fully saturated rings. The van der Waals surface area contributed by atoms with Gasteiger partial charge in [-0.3, -0.25) is 9.69 Å². The summed E-state index contributed by atoms with van der Waals surface area (Å²) in [6.07, 6.45) is -0.497. The van der Waals surface area contributed by atoms with E-state index in [1.165, 1.54) is 12.1 Å². The number of pyridine rings is 1. The molecule has 0 N–H and O–H groups in total. The molecular weight excluding hydrogens is 397 g/mol. The van der Waals surface area contributed by atoms with Crippen LogP contribution in [0.5, 0.6) is 5.75 Å². The number of rotatable bonds is 5. The number of amides is 1. The minimum atomic E-state index is -4.44. The van der Waals surface area contributed by atoms with Crippen molar-refractivity contribution in [2.75, 3.05) is 32.8 Å². The van der Waals surface area contributed by atoms with Crippen LogP contribution in [-0.2, 0) is 17.5 Å². The van der Waals surface area contributed by atoms with Gasteiger partial charge in [-0.15, -0.1) is 0 Å². The molecule has 1 aliphatic rings. The fourth-order valence-electron chi connectivity index (χ4n) is 3.45. The second-order valence-corrected chi connectivity index (χ2v) is 7.17. The molecule has 30 heavy (non-hydrogen) atoms. The van der Waals surface area contributed by atoms with Gasteiger partial charge >= 0.3 is 6.18 Å². The van der Waals surface area contributed by atoms with Crippen LogP contribution in [0.4, 0.5) is 13.2 Å². The van der Waals surface area contributed by atoms with Crippen LogP contribution in [0.2, 0.25) is 0 Å². The number of ether oxygens (including phenoxy) is 1. The van der Waals surface area contributed by atoms with Crippen LogP contribution in [-0.4, -0.2) is 57.9 Å². The largest absolute Gasteiger partial charge is 0.484 e. The summed E-state index contributed by atoms with van der Waals surface area (Å²) in [4.78, 5) is 20.9. The predicted molar refractivity (Wildman–Crippen MR) is 104 cm³/mol. The second-order valence-electron chi connectivity index (χ2n) is 7.17. The Bertz CT molecular complexity index is 993. The molecule has 0 aliphatic carbocycles. The highest BCUT2D eigenvalue weighted by Gasteiger charge is 2.30. The third kappa shape index (κ3) is 4.73. The summed E-state index contributed by atoms with van der Waals surface area (Å²) in [5.74, 6) is -0.205. The van der Waals surface area contributed by atoms with Crippen molar-refractivity contribution in [3.63, 3.8) is 0 Å². The van der Waals surface area contributed by atoms with Gasteiger partial charge in [0.25, 0.3) is 5.91 Å². The van der Waals surface area contributed by atoms with E-state index in [0.717, 1.165) is 23.5 Å². The molecule has 9 heteroatoms. The summed E-state index contributed by atoms with van der Waals surface area (Å²) in [7, 11) is 0. The first-order chi connectivity index (χ1) is 14.4. The van der Waals surface area contributed by atoms with Crippen LogP contribution in [0.25, 0.3) is 5.65 Å². The number of carbonyl (C=O) groups is 1. The Kier molecular flexibility index (Phi) is 5.63. The lowest BCUT2D eigenvalue weighted by Crippen LogP contribution is -2.49. The van der Waals surface area contributed by atoms with Crippen molar-refractivity contribution in [3.05, 3.63) is 66.1 Å². The Morgan fingerprint density at radius 1 is 1.07 bits per heavy atom. The van der Waals surface area contributed by atoms with Crippen molar-refractivity contribution in [2.45, 2.75) is 12.7 Å². The van der Waals surface area contributed by atoms with E-state index < -0.39 is 11.7 Å². The van der Waals surface area contributed by atoms with Crippen molar-refractivity contribution < 1.29 is 22.7 Å². The van der Waals surface area contributed by atoms with Gasteiger partial charge in [0.05, 0.1) is 11.3 Å². The molecule has 1 aliphatic heterocycles. The van der Waals surface area contributed by atoms with Crippen molar-refractivity contribution >= 4 is 11.6 Å². The molecule has 3 aromatic rings. The van der Waals surface area contributed by atoms with Gasteiger partial charge in [0.2, 0.25) is 0 Å². The second kappa shape index (κ2) is 8.35.